The highest BCUT2D eigenvalue weighted by Gasteiger charge is 2.15. The molecule has 0 atom stereocenters. The lowest BCUT2D eigenvalue weighted by Crippen LogP contribution is -2.41. The first-order valence-electron chi connectivity index (χ1n) is 6.10. The van der Waals surface area contributed by atoms with Crippen LogP contribution in [0.5, 0.6) is 5.75 Å². The van der Waals surface area contributed by atoms with Crippen molar-refractivity contribution >= 4 is 24.0 Å². The van der Waals surface area contributed by atoms with E-state index in [4.69, 9.17) is 22.1 Å². The third kappa shape index (κ3) is 5.02. The molecule has 1 fully saturated rings. The molecule has 1 saturated heterocycles. The minimum atomic E-state index is 0. The average Bonchev–Trinajstić information content (AvgIpc) is 2.32. The maximum atomic E-state index is 5.88. The molecule has 0 aromatic heterocycles. The smallest absolute Gasteiger partial charge is 0.120 e. The molecule has 1 heterocycles. The van der Waals surface area contributed by atoms with Crippen LogP contribution in [0.3, 0.4) is 0 Å². The summed E-state index contributed by atoms with van der Waals surface area (Å²) >= 11 is 5.88. The molecule has 0 aliphatic carbocycles. The average molecular weight is 291 g/mol. The van der Waals surface area contributed by atoms with Crippen molar-refractivity contribution in [3.63, 3.8) is 0 Å². The Morgan fingerprint density at radius 3 is 2.72 bits per heavy atom. The predicted octanol–water partition coefficient (Wildman–Crippen LogP) is 2.56. The van der Waals surface area contributed by atoms with Crippen molar-refractivity contribution in [2.75, 3.05) is 26.2 Å². The fourth-order valence-corrected chi connectivity index (χ4v) is 2.21. The zero-order valence-corrected chi connectivity index (χ0v) is 11.9. The second kappa shape index (κ2) is 7.85. The Balaban J connectivity index is 0.00000162. The predicted molar refractivity (Wildman–Crippen MR) is 77.8 cm³/mol. The second-order valence-corrected chi connectivity index (χ2v) is 4.92. The molecule has 2 rings (SSSR count). The summed E-state index contributed by atoms with van der Waals surface area (Å²) in [6.45, 7) is 3.83. The summed E-state index contributed by atoms with van der Waals surface area (Å²) in [4.78, 5) is 2.40. The topological polar surface area (TPSA) is 38.5 Å². The van der Waals surface area contributed by atoms with Crippen molar-refractivity contribution in [1.29, 1.82) is 0 Å². The first-order valence-corrected chi connectivity index (χ1v) is 6.48. The van der Waals surface area contributed by atoms with Crippen LogP contribution in [0.25, 0.3) is 0 Å². The Bertz CT molecular complexity index is 355. The molecule has 1 aliphatic rings. The van der Waals surface area contributed by atoms with Gasteiger partial charge in [-0.05, 0) is 44.1 Å². The lowest BCUT2D eigenvalue weighted by molar-refractivity contribution is 0.174. The lowest BCUT2D eigenvalue weighted by atomic mass is 10.1. The van der Waals surface area contributed by atoms with Gasteiger partial charge in [0.1, 0.15) is 12.4 Å². The van der Waals surface area contributed by atoms with E-state index in [1.807, 2.05) is 24.3 Å². The molecule has 5 heteroatoms. The van der Waals surface area contributed by atoms with Gasteiger partial charge in [0.25, 0.3) is 0 Å². The van der Waals surface area contributed by atoms with Gasteiger partial charge in [0, 0.05) is 17.6 Å². The summed E-state index contributed by atoms with van der Waals surface area (Å²) in [6, 6.07) is 7.91. The van der Waals surface area contributed by atoms with E-state index in [9.17, 15) is 0 Å². The maximum absolute atomic E-state index is 5.88. The van der Waals surface area contributed by atoms with E-state index in [0.717, 1.165) is 38.2 Å². The van der Waals surface area contributed by atoms with Crippen molar-refractivity contribution in [3.8, 4) is 5.75 Å². The van der Waals surface area contributed by atoms with Crippen molar-refractivity contribution in [3.05, 3.63) is 29.3 Å². The van der Waals surface area contributed by atoms with Gasteiger partial charge in [0.15, 0.2) is 0 Å². The molecule has 1 aromatic carbocycles. The lowest BCUT2D eigenvalue weighted by Gasteiger charge is -2.29. The molecular formula is C13H20Cl2N2O. The maximum Gasteiger partial charge on any atom is 0.120 e. The van der Waals surface area contributed by atoms with Gasteiger partial charge in [0.05, 0.1) is 0 Å². The Kier molecular flexibility index (Phi) is 6.79. The van der Waals surface area contributed by atoms with Crippen LogP contribution in [-0.4, -0.2) is 37.2 Å². The third-order valence-corrected chi connectivity index (χ3v) is 3.34. The molecular weight excluding hydrogens is 271 g/mol. The minimum absolute atomic E-state index is 0. The van der Waals surface area contributed by atoms with Crippen molar-refractivity contribution < 1.29 is 4.74 Å². The Labute approximate surface area is 120 Å². The molecule has 1 aromatic rings. The van der Waals surface area contributed by atoms with Gasteiger partial charge < -0.3 is 10.5 Å². The van der Waals surface area contributed by atoms with Crippen molar-refractivity contribution in [2.24, 2.45) is 5.73 Å². The fraction of sp³-hybridized carbons (Fsp3) is 0.538. The van der Waals surface area contributed by atoms with E-state index >= 15 is 0 Å². The van der Waals surface area contributed by atoms with Crippen LogP contribution in [0, 0.1) is 0 Å². The molecule has 1 aliphatic heterocycles. The van der Waals surface area contributed by atoms with Crippen LogP contribution in [0.4, 0.5) is 0 Å². The number of nitrogens with two attached hydrogens (primary N) is 1. The normalized spacial score (nSPS) is 17.2. The van der Waals surface area contributed by atoms with Crippen LogP contribution in [0.1, 0.15) is 12.8 Å². The molecule has 0 amide bonds. The monoisotopic (exact) mass is 290 g/mol. The van der Waals surface area contributed by atoms with Gasteiger partial charge in [-0.2, -0.15) is 0 Å². The SMILES string of the molecule is Cl.NC1CCN(CCOc2cccc(Cl)c2)CC1. The highest BCUT2D eigenvalue weighted by atomic mass is 35.5. The van der Waals surface area contributed by atoms with Crippen molar-refractivity contribution in [1.82, 2.24) is 4.90 Å². The van der Waals surface area contributed by atoms with Crippen LogP contribution >= 0.6 is 24.0 Å². The van der Waals surface area contributed by atoms with Gasteiger partial charge in [-0.1, -0.05) is 17.7 Å². The summed E-state index contributed by atoms with van der Waals surface area (Å²) in [5.41, 5.74) is 5.86. The molecule has 2 N–H and O–H groups in total. The molecule has 0 spiro atoms. The molecule has 0 radical (unpaired) electrons. The quantitative estimate of drug-likeness (QED) is 0.926. The molecule has 0 saturated carbocycles. The zero-order chi connectivity index (χ0) is 12.1. The van der Waals surface area contributed by atoms with Crippen molar-refractivity contribution in [2.45, 2.75) is 18.9 Å². The standard InChI is InChI=1S/C13H19ClN2O.ClH/c14-11-2-1-3-13(10-11)17-9-8-16-6-4-12(15)5-7-16;/h1-3,10,12H,4-9,15H2;1H. The van der Waals surface area contributed by atoms with E-state index in [0.29, 0.717) is 17.7 Å². The Morgan fingerprint density at radius 2 is 2.06 bits per heavy atom. The number of likely N-dealkylation sites (tertiary alicyclic amines) is 1. The Morgan fingerprint density at radius 1 is 1.33 bits per heavy atom. The first kappa shape index (κ1) is 15.6. The number of benzene rings is 1. The number of rotatable bonds is 4. The summed E-state index contributed by atoms with van der Waals surface area (Å²) in [7, 11) is 0. The molecule has 0 unspecified atom stereocenters. The molecule has 3 nitrogen and oxygen atoms in total. The fourth-order valence-electron chi connectivity index (χ4n) is 2.03. The number of halogens is 2. The second-order valence-electron chi connectivity index (χ2n) is 4.48. The van der Waals surface area contributed by atoms with E-state index in [-0.39, 0.29) is 12.4 Å². The highest BCUT2D eigenvalue weighted by Crippen LogP contribution is 2.17. The first-order chi connectivity index (χ1) is 8.24. The van der Waals surface area contributed by atoms with Crippen LogP contribution in [0.15, 0.2) is 24.3 Å². The zero-order valence-electron chi connectivity index (χ0n) is 10.3. The third-order valence-electron chi connectivity index (χ3n) is 3.10. The van der Waals surface area contributed by atoms with Gasteiger partial charge in [0.2, 0.25) is 0 Å². The summed E-state index contributed by atoms with van der Waals surface area (Å²) in [5.74, 6) is 0.839. The number of nitrogens with zero attached hydrogens (tertiary/aromatic N) is 1. The van der Waals surface area contributed by atoms with E-state index in [1.54, 1.807) is 0 Å². The van der Waals surface area contributed by atoms with Crippen LogP contribution < -0.4 is 10.5 Å². The number of hydrogen-bond donors (Lipinski definition) is 1. The largest absolute Gasteiger partial charge is 0.492 e. The van der Waals surface area contributed by atoms with Gasteiger partial charge in [-0.25, -0.2) is 0 Å². The summed E-state index contributed by atoms with van der Waals surface area (Å²) in [5, 5.41) is 0.714. The number of ether oxygens (including phenoxy) is 1. The highest BCUT2D eigenvalue weighted by molar-refractivity contribution is 6.30. The number of piperidine rings is 1. The van der Waals surface area contributed by atoms with E-state index in [1.165, 1.54) is 0 Å². The molecule has 0 bridgehead atoms. The van der Waals surface area contributed by atoms with Gasteiger partial charge in [-0.3, -0.25) is 4.90 Å². The molecule has 102 valence electrons. The van der Waals surface area contributed by atoms with E-state index < -0.39 is 0 Å². The van der Waals surface area contributed by atoms with E-state index in [2.05, 4.69) is 4.90 Å². The van der Waals surface area contributed by atoms with Crippen LogP contribution in [0.2, 0.25) is 5.02 Å². The Hall–Kier alpha value is -0.480. The summed E-state index contributed by atoms with van der Waals surface area (Å²) in [6.07, 6.45) is 2.19. The van der Waals surface area contributed by atoms with Crippen LogP contribution in [-0.2, 0) is 0 Å². The minimum Gasteiger partial charge on any atom is -0.492 e. The number of hydrogen-bond acceptors (Lipinski definition) is 3. The summed E-state index contributed by atoms with van der Waals surface area (Å²) < 4.78 is 5.66. The van der Waals surface area contributed by atoms with Gasteiger partial charge >= 0.3 is 0 Å². The van der Waals surface area contributed by atoms with Gasteiger partial charge in [-0.15, -0.1) is 12.4 Å². The molecule has 18 heavy (non-hydrogen) atoms.